The maximum atomic E-state index is 12.6. The molecule has 0 saturated heterocycles. The molecule has 1 atom stereocenters. The van der Waals surface area contributed by atoms with Crippen LogP contribution in [0.5, 0.6) is 0 Å². The number of carbonyl (C=O) groups is 1. The van der Waals surface area contributed by atoms with Gasteiger partial charge in [0.2, 0.25) is 0 Å². The molecule has 0 saturated carbocycles. The van der Waals surface area contributed by atoms with Gasteiger partial charge in [0.05, 0.1) is 17.1 Å². The number of nitrogens with zero attached hydrogens (tertiary/aromatic N) is 5. The van der Waals surface area contributed by atoms with Crippen LogP contribution in [0.4, 0.5) is 10.5 Å². The molecule has 1 aromatic carbocycles. The van der Waals surface area contributed by atoms with Crippen LogP contribution in [-0.4, -0.2) is 29.9 Å². The van der Waals surface area contributed by atoms with E-state index in [0.717, 1.165) is 17.5 Å². The number of amides is 2. The molecule has 3 rings (SSSR count). The molecule has 2 N–H and O–H groups in total. The summed E-state index contributed by atoms with van der Waals surface area (Å²) in [6, 6.07) is 4.81. The second kappa shape index (κ2) is 7.26. The zero-order valence-corrected chi connectivity index (χ0v) is 16.2. The molecule has 27 heavy (non-hydrogen) atoms. The third-order valence-electron chi connectivity index (χ3n) is 4.60. The molecule has 0 aliphatic heterocycles. The zero-order chi connectivity index (χ0) is 19.7. The normalized spacial score (nSPS) is 12.5. The van der Waals surface area contributed by atoms with Crippen molar-refractivity contribution in [1.29, 1.82) is 0 Å². The zero-order valence-electron chi connectivity index (χ0n) is 16.2. The molecule has 0 bridgehead atoms. The molecular weight excluding hydrogens is 346 g/mol. The molecule has 2 amide bonds. The molecule has 0 fully saturated rings. The van der Waals surface area contributed by atoms with Crippen LogP contribution in [0.1, 0.15) is 32.1 Å². The fourth-order valence-corrected chi connectivity index (χ4v) is 3.23. The van der Waals surface area contributed by atoms with Crippen LogP contribution in [0.25, 0.3) is 11.0 Å². The van der Waals surface area contributed by atoms with Crippen molar-refractivity contribution in [1.82, 2.24) is 29.2 Å². The number of rotatable bonds is 5. The first-order chi connectivity index (χ1) is 12.8. The number of fused-ring (bicyclic) bond motifs is 1. The van der Waals surface area contributed by atoms with Gasteiger partial charge in [0, 0.05) is 26.8 Å². The molecule has 144 valence electrons. The van der Waals surface area contributed by atoms with Crippen LogP contribution in [0.3, 0.4) is 0 Å². The van der Waals surface area contributed by atoms with Crippen molar-refractivity contribution in [3.8, 4) is 0 Å². The Balaban J connectivity index is 1.79. The van der Waals surface area contributed by atoms with Gasteiger partial charge in [-0.05, 0) is 30.5 Å². The van der Waals surface area contributed by atoms with E-state index in [1.54, 1.807) is 47.1 Å². The van der Waals surface area contributed by atoms with E-state index >= 15 is 0 Å². The van der Waals surface area contributed by atoms with Crippen LogP contribution in [-0.2, 0) is 21.1 Å². The lowest BCUT2D eigenvalue weighted by Crippen LogP contribution is -2.34. The van der Waals surface area contributed by atoms with E-state index in [1.165, 1.54) is 6.33 Å². The molecule has 9 heteroatoms. The highest BCUT2D eigenvalue weighted by Gasteiger charge is 2.20. The van der Waals surface area contributed by atoms with Crippen molar-refractivity contribution in [2.75, 3.05) is 5.32 Å². The number of carbonyl (C=O) groups excluding carboxylic acids is 1. The third-order valence-corrected chi connectivity index (χ3v) is 4.60. The largest absolute Gasteiger partial charge is 0.328 e. The van der Waals surface area contributed by atoms with Crippen molar-refractivity contribution in [3.05, 3.63) is 40.8 Å². The van der Waals surface area contributed by atoms with Gasteiger partial charge < -0.3 is 10.6 Å². The van der Waals surface area contributed by atoms with Gasteiger partial charge in [-0.2, -0.15) is 5.10 Å². The Kier molecular flexibility index (Phi) is 5.02. The lowest BCUT2D eigenvalue weighted by molar-refractivity contribution is 0.245. The van der Waals surface area contributed by atoms with Gasteiger partial charge in [0.15, 0.2) is 0 Å². The van der Waals surface area contributed by atoms with E-state index in [2.05, 4.69) is 34.6 Å². The molecular formula is C18H25N7O2. The molecule has 0 aliphatic carbocycles. The van der Waals surface area contributed by atoms with Crippen molar-refractivity contribution in [2.24, 2.45) is 27.1 Å². The van der Waals surface area contributed by atoms with Gasteiger partial charge in [-0.15, -0.1) is 0 Å². The molecule has 2 aromatic heterocycles. The Labute approximate surface area is 157 Å². The smallest absolute Gasteiger partial charge is 0.328 e. The maximum absolute atomic E-state index is 12.6. The topological polar surface area (TPSA) is 98.8 Å². The Bertz CT molecular complexity index is 1030. The van der Waals surface area contributed by atoms with Gasteiger partial charge in [-0.3, -0.25) is 13.8 Å². The molecule has 2 heterocycles. The van der Waals surface area contributed by atoms with Gasteiger partial charge >= 0.3 is 11.7 Å². The van der Waals surface area contributed by atoms with Crippen molar-refractivity contribution in [2.45, 2.75) is 26.3 Å². The number of imidazole rings is 1. The average molecular weight is 371 g/mol. The quantitative estimate of drug-likeness (QED) is 0.716. The summed E-state index contributed by atoms with van der Waals surface area (Å²) in [6.45, 7) is 4.18. The molecule has 0 spiro atoms. The van der Waals surface area contributed by atoms with Crippen molar-refractivity contribution in [3.63, 3.8) is 0 Å². The van der Waals surface area contributed by atoms with Crippen LogP contribution in [0.2, 0.25) is 0 Å². The Morgan fingerprint density at radius 1 is 1.15 bits per heavy atom. The van der Waals surface area contributed by atoms with Crippen LogP contribution in [0.15, 0.2) is 29.3 Å². The summed E-state index contributed by atoms with van der Waals surface area (Å²) in [5.41, 5.74) is 2.07. The van der Waals surface area contributed by atoms with Crippen LogP contribution in [0, 0.1) is 5.92 Å². The number of urea groups is 1. The summed E-state index contributed by atoms with van der Waals surface area (Å²) in [5, 5.41) is 9.90. The number of hydrogen-bond donors (Lipinski definition) is 2. The fourth-order valence-electron chi connectivity index (χ4n) is 3.23. The first-order valence-corrected chi connectivity index (χ1v) is 8.84. The lowest BCUT2D eigenvalue weighted by Gasteiger charge is -2.20. The number of aromatic nitrogens is 5. The second-order valence-electron chi connectivity index (χ2n) is 7.13. The van der Waals surface area contributed by atoms with Crippen molar-refractivity contribution < 1.29 is 4.79 Å². The highest BCUT2D eigenvalue weighted by molar-refractivity contribution is 5.92. The van der Waals surface area contributed by atoms with Gasteiger partial charge in [-0.1, -0.05) is 13.8 Å². The standard InChI is InChI=1S/C18H25N7O2/c1-11(2)8-13(16-19-10-20-25(16)5)22-17(26)21-12-6-7-14-15(9-12)24(4)18(27)23(14)3/h6-7,9-11,13H,8H2,1-5H3,(H2,21,22,26)/t13-/m1/s1. The van der Waals surface area contributed by atoms with E-state index in [1.807, 2.05) is 6.07 Å². The minimum atomic E-state index is -0.330. The first kappa shape index (κ1) is 18.7. The van der Waals surface area contributed by atoms with E-state index in [0.29, 0.717) is 17.4 Å². The van der Waals surface area contributed by atoms with Crippen LogP contribution < -0.4 is 16.3 Å². The van der Waals surface area contributed by atoms with Crippen LogP contribution >= 0.6 is 0 Å². The summed E-state index contributed by atoms with van der Waals surface area (Å²) in [7, 11) is 5.24. The third kappa shape index (κ3) is 3.71. The number of nitrogens with one attached hydrogen (secondary N) is 2. The maximum Gasteiger partial charge on any atom is 0.328 e. The predicted molar refractivity (Wildman–Crippen MR) is 104 cm³/mol. The molecule has 0 aliphatic rings. The van der Waals surface area contributed by atoms with Gasteiger partial charge in [0.1, 0.15) is 12.2 Å². The van der Waals surface area contributed by atoms with Crippen molar-refractivity contribution >= 4 is 22.8 Å². The molecule has 3 aromatic rings. The summed E-state index contributed by atoms with van der Waals surface area (Å²) < 4.78 is 4.80. The predicted octanol–water partition coefficient (Wildman–Crippen LogP) is 1.91. The highest BCUT2D eigenvalue weighted by atomic mass is 16.2. The number of anilines is 1. The summed E-state index contributed by atoms with van der Waals surface area (Å²) in [6.07, 6.45) is 2.22. The van der Waals surface area contributed by atoms with E-state index in [-0.39, 0.29) is 17.8 Å². The lowest BCUT2D eigenvalue weighted by atomic mass is 10.0. The van der Waals surface area contributed by atoms with E-state index < -0.39 is 0 Å². The fraction of sp³-hybridized carbons (Fsp3) is 0.444. The van der Waals surface area contributed by atoms with Gasteiger partial charge in [-0.25, -0.2) is 14.6 Å². The Hall–Kier alpha value is -3.10. The number of hydrogen-bond acceptors (Lipinski definition) is 4. The SMILES string of the molecule is CC(C)C[C@@H](NC(=O)Nc1ccc2c(c1)n(C)c(=O)n2C)c1ncnn1C. The Morgan fingerprint density at radius 2 is 1.85 bits per heavy atom. The average Bonchev–Trinajstić information content (AvgIpc) is 3.12. The molecule has 0 unspecified atom stereocenters. The summed E-state index contributed by atoms with van der Waals surface area (Å²) in [5.74, 6) is 1.09. The van der Waals surface area contributed by atoms with E-state index in [4.69, 9.17) is 0 Å². The summed E-state index contributed by atoms with van der Waals surface area (Å²) in [4.78, 5) is 28.9. The highest BCUT2D eigenvalue weighted by Crippen LogP contribution is 2.20. The number of benzene rings is 1. The number of aryl methyl sites for hydroxylation is 3. The summed E-state index contributed by atoms with van der Waals surface area (Å²) >= 11 is 0. The second-order valence-corrected chi connectivity index (χ2v) is 7.13. The van der Waals surface area contributed by atoms with E-state index in [9.17, 15) is 9.59 Å². The Morgan fingerprint density at radius 3 is 2.48 bits per heavy atom. The molecule has 9 nitrogen and oxygen atoms in total. The molecule has 0 radical (unpaired) electrons. The minimum absolute atomic E-state index is 0.106. The monoisotopic (exact) mass is 371 g/mol. The minimum Gasteiger partial charge on any atom is -0.328 e. The first-order valence-electron chi connectivity index (χ1n) is 8.84. The van der Waals surface area contributed by atoms with Gasteiger partial charge in [0.25, 0.3) is 0 Å².